The summed E-state index contributed by atoms with van der Waals surface area (Å²) in [5.74, 6) is 0.507. The Morgan fingerprint density at radius 3 is 3.06 bits per heavy atom. The van der Waals surface area contributed by atoms with Crippen molar-refractivity contribution in [3.63, 3.8) is 0 Å². The topological polar surface area (TPSA) is 30.5 Å². The molecule has 1 aromatic carbocycles. The largest absolute Gasteiger partial charge is 0.489 e. The molecule has 3 nitrogen and oxygen atoms in total. The molecule has 100 valence electrons. The number of halogens is 1. The van der Waals surface area contributed by atoms with E-state index in [2.05, 4.69) is 5.32 Å². The van der Waals surface area contributed by atoms with Gasteiger partial charge in [0.1, 0.15) is 6.61 Å². The van der Waals surface area contributed by atoms with E-state index in [1.807, 2.05) is 7.05 Å². The van der Waals surface area contributed by atoms with Crippen LogP contribution in [0.15, 0.2) is 18.2 Å². The van der Waals surface area contributed by atoms with E-state index >= 15 is 0 Å². The monoisotopic (exact) mass is 253 g/mol. The van der Waals surface area contributed by atoms with Crippen LogP contribution in [-0.2, 0) is 4.74 Å². The normalized spacial score (nSPS) is 20.9. The molecule has 0 amide bonds. The lowest BCUT2D eigenvalue weighted by atomic mass is 10.00. The number of hydrogen-bond donors (Lipinski definition) is 1. The van der Waals surface area contributed by atoms with Crippen molar-refractivity contribution >= 4 is 0 Å². The van der Waals surface area contributed by atoms with Gasteiger partial charge in [0, 0.05) is 18.6 Å². The summed E-state index contributed by atoms with van der Waals surface area (Å²) >= 11 is 0. The van der Waals surface area contributed by atoms with Crippen LogP contribution in [0.4, 0.5) is 4.39 Å². The van der Waals surface area contributed by atoms with Crippen LogP contribution in [0.3, 0.4) is 0 Å². The van der Waals surface area contributed by atoms with E-state index in [9.17, 15) is 4.39 Å². The van der Waals surface area contributed by atoms with Gasteiger partial charge in [0.25, 0.3) is 0 Å². The zero-order valence-corrected chi connectivity index (χ0v) is 10.9. The Morgan fingerprint density at radius 1 is 1.56 bits per heavy atom. The van der Waals surface area contributed by atoms with E-state index in [0.717, 1.165) is 19.6 Å². The van der Waals surface area contributed by atoms with Crippen LogP contribution in [-0.4, -0.2) is 32.9 Å². The van der Waals surface area contributed by atoms with Crippen molar-refractivity contribution in [3.8, 4) is 5.75 Å². The van der Waals surface area contributed by atoms with E-state index in [4.69, 9.17) is 9.47 Å². The summed E-state index contributed by atoms with van der Waals surface area (Å²) in [6.07, 6.45) is 1.03. The molecule has 0 aromatic heterocycles. The van der Waals surface area contributed by atoms with Gasteiger partial charge >= 0.3 is 0 Å². The van der Waals surface area contributed by atoms with Crippen LogP contribution in [0.25, 0.3) is 0 Å². The lowest BCUT2D eigenvalue weighted by Gasteiger charge is -2.22. The minimum absolute atomic E-state index is 0.201. The molecule has 0 radical (unpaired) electrons. The zero-order valence-electron chi connectivity index (χ0n) is 10.9. The van der Waals surface area contributed by atoms with Crippen LogP contribution < -0.4 is 10.1 Å². The molecule has 0 bridgehead atoms. The predicted molar refractivity (Wildman–Crippen MR) is 68.4 cm³/mol. The highest BCUT2D eigenvalue weighted by Gasteiger charge is 2.25. The van der Waals surface area contributed by atoms with Crippen LogP contribution >= 0.6 is 0 Å². The molecule has 1 fully saturated rings. The van der Waals surface area contributed by atoms with Crippen LogP contribution in [0, 0.1) is 18.7 Å². The molecular formula is C14H20FNO2. The van der Waals surface area contributed by atoms with E-state index in [1.54, 1.807) is 25.1 Å². The highest BCUT2D eigenvalue weighted by atomic mass is 19.1. The molecule has 1 saturated heterocycles. The first-order valence-corrected chi connectivity index (χ1v) is 6.35. The van der Waals surface area contributed by atoms with E-state index < -0.39 is 0 Å². The highest BCUT2D eigenvalue weighted by Crippen LogP contribution is 2.22. The minimum atomic E-state index is -0.268. The molecule has 2 rings (SSSR count). The molecule has 18 heavy (non-hydrogen) atoms. The summed E-state index contributed by atoms with van der Waals surface area (Å²) in [5, 5.41) is 3.22. The summed E-state index contributed by atoms with van der Waals surface area (Å²) in [6.45, 7) is 3.76. The molecule has 1 aliphatic rings. The maximum atomic E-state index is 13.8. The van der Waals surface area contributed by atoms with Gasteiger partial charge in [-0.15, -0.1) is 0 Å². The number of nitrogens with one attached hydrogen (secondary N) is 1. The summed E-state index contributed by atoms with van der Waals surface area (Å²) in [4.78, 5) is 0. The lowest BCUT2D eigenvalue weighted by molar-refractivity contribution is 0.161. The van der Waals surface area contributed by atoms with Crippen molar-refractivity contribution in [2.45, 2.75) is 19.4 Å². The van der Waals surface area contributed by atoms with Crippen molar-refractivity contribution in [2.75, 3.05) is 26.9 Å². The van der Waals surface area contributed by atoms with E-state index in [1.165, 1.54) is 0 Å². The molecule has 1 heterocycles. The first kappa shape index (κ1) is 13.3. The van der Waals surface area contributed by atoms with Crippen molar-refractivity contribution in [1.29, 1.82) is 0 Å². The Morgan fingerprint density at radius 2 is 2.39 bits per heavy atom. The molecule has 4 heteroatoms. The van der Waals surface area contributed by atoms with Crippen LogP contribution in [0.5, 0.6) is 5.75 Å². The SMILES string of the molecule is CNC(COc1cccc(C)c1F)C1CCOC1. The molecule has 0 aliphatic carbocycles. The number of likely N-dealkylation sites (N-methyl/N-ethyl adjacent to an activating group) is 1. The van der Waals surface area contributed by atoms with E-state index in [0.29, 0.717) is 23.8 Å². The number of benzene rings is 1. The third kappa shape index (κ3) is 3.00. The fourth-order valence-electron chi connectivity index (χ4n) is 2.24. The maximum absolute atomic E-state index is 13.8. The summed E-state index contributed by atoms with van der Waals surface area (Å²) in [7, 11) is 1.90. The Hall–Kier alpha value is -1.13. The van der Waals surface area contributed by atoms with Crippen molar-refractivity contribution in [1.82, 2.24) is 5.32 Å². The Bertz CT molecular complexity index is 391. The third-order valence-corrected chi connectivity index (χ3v) is 3.48. The average Bonchev–Trinajstić information content (AvgIpc) is 2.89. The van der Waals surface area contributed by atoms with Crippen molar-refractivity contribution in [3.05, 3.63) is 29.6 Å². The van der Waals surface area contributed by atoms with E-state index in [-0.39, 0.29) is 11.9 Å². The smallest absolute Gasteiger partial charge is 0.167 e. The van der Waals surface area contributed by atoms with Gasteiger partial charge in [0.15, 0.2) is 11.6 Å². The average molecular weight is 253 g/mol. The van der Waals surface area contributed by atoms with Gasteiger partial charge in [0.2, 0.25) is 0 Å². The summed E-state index contributed by atoms with van der Waals surface area (Å²) in [5.41, 5.74) is 0.609. The second-order valence-electron chi connectivity index (χ2n) is 4.72. The molecule has 0 spiro atoms. The third-order valence-electron chi connectivity index (χ3n) is 3.48. The lowest BCUT2D eigenvalue weighted by Crippen LogP contribution is -2.39. The molecule has 1 aromatic rings. The maximum Gasteiger partial charge on any atom is 0.167 e. The molecule has 1 aliphatic heterocycles. The molecule has 2 atom stereocenters. The Labute approximate surface area is 107 Å². The fraction of sp³-hybridized carbons (Fsp3) is 0.571. The number of hydrogen-bond acceptors (Lipinski definition) is 3. The van der Waals surface area contributed by atoms with Gasteiger partial charge in [-0.1, -0.05) is 12.1 Å². The quantitative estimate of drug-likeness (QED) is 0.872. The molecule has 2 unspecified atom stereocenters. The number of rotatable bonds is 5. The van der Waals surface area contributed by atoms with Gasteiger partial charge < -0.3 is 14.8 Å². The highest BCUT2D eigenvalue weighted by molar-refractivity contribution is 5.30. The number of aryl methyl sites for hydroxylation is 1. The molecule has 0 saturated carbocycles. The standard InChI is InChI=1S/C14H20FNO2/c1-10-4-3-5-13(14(10)15)18-9-12(16-2)11-6-7-17-8-11/h3-5,11-12,16H,6-9H2,1-2H3. The number of ether oxygens (including phenoxy) is 2. The second kappa shape index (κ2) is 6.16. The minimum Gasteiger partial charge on any atom is -0.489 e. The predicted octanol–water partition coefficient (Wildman–Crippen LogP) is 2.14. The van der Waals surface area contributed by atoms with Gasteiger partial charge in [-0.3, -0.25) is 0 Å². The Kier molecular flexibility index (Phi) is 4.55. The summed E-state index contributed by atoms with van der Waals surface area (Å²) < 4.78 is 24.7. The second-order valence-corrected chi connectivity index (χ2v) is 4.72. The Balaban J connectivity index is 1.94. The van der Waals surface area contributed by atoms with Gasteiger partial charge in [-0.2, -0.15) is 0 Å². The van der Waals surface area contributed by atoms with Crippen molar-refractivity contribution in [2.24, 2.45) is 5.92 Å². The molecular weight excluding hydrogens is 233 g/mol. The zero-order chi connectivity index (χ0) is 13.0. The molecule has 1 N–H and O–H groups in total. The van der Waals surface area contributed by atoms with Crippen LogP contribution in [0.1, 0.15) is 12.0 Å². The van der Waals surface area contributed by atoms with Gasteiger partial charge in [-0.05, 0) is 32.0 Å². The van der Waals surface area contributed by atoms with Crippen LogP contribution in [0.2, 0.25) is 0 Å². The van der Waals surface area contributed by atoms with Crippen molar-refractivity contribution < 1.29 is 13.9 Å². The first-order chi connectivity index (χ1) is 8.72. The summed E-state index contributed by atoms with van der Waals surface area (Å²) in [6, 6.07) is 5.41. The first-order valence-electron chi connectivity index (χ1n) is 6.35. The van der Waals surface area contributed by atoms with Gasteiger partial charge in [0.05, 0.1) is 6.61 Å². The fourth-order valence-corrected chi connectivity index (χ4v) is 2.24. The van der Waals surface area contributed by atoms with Gasteiger partial charge in [-0.25, -0.2) is 4.39 Å².